The number of nitrogens with one attached hydrogen (secondary N) is 1. The van der Waals surface area contributed by atoms with Gasteiger partial charge in [-0.25, -0.2) is 4.79 Å². The monoisotopic (exact) mass is 324 g/mol. The number of urea groups is 1. The van der Waals surface area contributed by atoms with E-state index in [-0.39, 0.29) is 12.1 Å². The summed E-state index contributed by atoms with van der Waals surface area (Å²) in [7, 11) is 3.46. The summed E-state index contributed by atoms with van der Waals surface area (Å²) >= 11 is 1.64. The molecule has 1 atom stereocenters. The van der Waals surface area contributed by atoms with E-state index in [1.54, 1.807) is 30.8 Å². The Morgan fingerprint density at radius 1 is 1.55 bits per heavy atom. The number of ether oxygens (including phenoxy) is 2. The Morgan fingerprint density at radius 3 is 3.00 bits per heavy atom. The lowest BCUT2D eigenvalue weighted by Gasteiger charge is -2.20. The Hall–Kier alpha value is -1.40. The van der Waals surface area contributed by atoms with Crippen molar-refractivity contribution in [2.45, 2.75) is 30.4 Å². The summed E-state index contributed by atoms with van der Waals surface area (Å²) in [4.78, 5) is 14.9. The van der Waals surface area contributed by atoms with Crippen LogP contribution in [0.2, 0.25) is 0 Å². The van der Waals surface area contributed by atoms with Crippen molar-refractivity contribution in [2.75, 3.05) is 33.6 Å². The van der Waals surface area contributed by atoms with E-state index in [1.807, 2.05) is 24.5 Å². The molecule has 6 heteroatoms. The Morgan fingerprint density at radius 2 is 2.36 bits per heavy atom. The Bertz CT molecular complexity index is 504. The number of carbonyl (C=O) groups excluding carboxylic acids is 1. The Balaban J connectivity index is 1.87. The summed E-state index contributed by atoms with van der Waals surface area (Å²) in [6, 6.07) is 5.95. The van der Waals surface area contributed by atoms with Gasteiger partial charge >= 0.3 is 6.03 Å². The minimum atomic E-state index is -0.0802. The molecule has 1 fully saturated rings. The molecule has 0 saturated carbocycles. The molecule has 1 aromatic rings. The number of methoxy groups -OCH3 is 1. The van der Waals surface area contributed by atoms with Crippen molar-refractivity contribution >= 4 is 17.8 Å². The van der Waals surface area contributed by atoms with E-state index in [2.05, 4.69) is 5.32 Å². The number of rotatable bonds is 6. The summed E-state index contributed by atoms with van der Waals surface area (Å²) in [5, 5.41) is 2.92. The average molecular weight is 324 g/mol. The van der Waals surface area contributed by atoms with Crippen LogP contribution < -0.4 is 10.1 Å². The number of hydrogen-bond donors (Lipinski definition) is 1. The molecule has 0 aliphatic carbocycles. The van der Waals surface area contributed by atoms with Crippen LogP contribution >= 0.6 is 11.8 Å². The van der Waals surface area contributed by atoms with Crippen LogP contribution in [0, 0.1) is 0 Å². The van der Waals surface area contributed by atoms with Gasteiger partial charge in [-0.15, -0.1) is 11.8 Å². The van der Waals surface area contributed by atoms with Crippen molar-refractivity contribution < 1.29 is 14.3 Å². The molecule has 0 radical (unpaired) electrons. The van der Waals surface area contributed by atoms with Crippen molar-refractivity contribution in [2.24, 2.45) is 0 Å². The number of amides is 2. The van der Waals surface area contributed by atoms with E-state index in [1.165, 1.54) is 0 Å². The molecule has 0 spiro atoms. The van der Waals surface area contributed by atoms with E-state index in [9.17, 15) is 4.79 Å². The van der Waals surface area contributed by atoms with E-state index < -0.39 is 0 Å². The summed E-state index contributed by atoms with van der Waals surface area (Å²) in [5.41, 5.74) is 1.05. The molecule has 2 rings (SSSR count). The lowest BCUT2D eigenvalue weighted by Crippen LogP contribution is -2.40. The minimum absolute atomic E-state index is 0.0802. The minimum Gasteiger partial charge on any atom is -0.496 e. The summed E-state index contributed by atoms with van der Waals surface area (Å²) in [5.74, 6) is 0.846. The molecule has 1 aliphatic heterocycles. The van der Waals surface area contributed by atoms with Crippen molar-refractivity contribution in [1.82, 2.24) is 10.2 Å². The lowest BCUT2D eigenvalue weighted by molar-refractivity contribution is 0.109. The molecule has 1 N–H and O–H groups in total. The van der Waals surface area contributed by atoms with Gasteiger partial charge in [0, 0.05) is 31.6 Å². The molecule has 2 amide bonds. The number of benzene rings is 1. The van der Waals surface area contributed by atoms with Gasteiger partial charge in [-0.3, -0.25) is 0 Å². The predicted octanol–water partition coefficient (Wildman–Crippen LogP) is 2.74. The van der Waals surface area contributed by atoms with E-state index in [4.69, 9.17) is 9.47 Å². The Kier molecular flexibility index (Phi) is 6.39. The highest BCUT2D eigenvalue weighted by molar-refractivity contribution is 7.98. The number of nitrogens with zero attached hydrogens (tertiary/aromatic N) is 1. The van der Waals surface area contributed by atoms with Gasteiger partial charge in [0.05, 0.1) is 13.2 Å². The number of hydrogen-bond acceptors (Lipinski definition) is 4. The van der Waals surface area contributed by atoms with Gasteiger partial charge in [0.1, 0.15) is 5.75 Å². The van der Waals surface area contributed by atoms with Crippen LogP contribution in [0.4, 0.5) is 4.79 Å². The molecule has 1 aliphatic rings. The SMILES string of the molecule is COc1cc(CN(C)C(=O)NC[C@H]2CCCO2)ccc1SC. The highest BCUT2D eigenvalue weighted by Gasteiger charge is 2.17. The quantitative estimate of drug-likeness (QED) is 0.818. The van der Waals surface area contributed by atoms with Gasteiger partial charge < -0.3 is 19.7 Å². The van der Waals surface area contributed by atoms with Crippen molar-refractivity contribution in [3.05, 3.63) is 23.8 Å². The Labute approximate surface area is 136 Å². The van der Waals surface area contributed by atoms with Gasteiger partial charge in [-0.1, -0.05) is 6.07 Å². The summed E-state index contributed by atoms with van der Waals surface area (Å²) in [6.07, 6.45) is 4.29. The van der Waals surface area contributed by atoms with Crippen molar-refractivity contribution in [1.29, 1.82) is 0 Å². The molecule has 0 aromatic heterocycles. The standard InChI is InChI=1S/C16H24N2O3S/c1-18(16(19)17-10-13-5-4-8-21-13)11-12-6-7-15(22-3)14(9-12)20-2/h6-7,9,13H,4-5,8,10-11H2,1-3H3,(H,17,19)/t13-/m1/s1. The maximum atomic E-state index is 12.1. The van der Waals surface area contributed by atoms with Gasteiger partial charge in [-0.05, 0) is 36.8 Å². The second-order valence-electron chi connectivity index (χ2n) is 5.37. The smallest absolute Gasteiger partial charge is 0.317 e. The van der Waals surface area contributed by atoms with Crippen molar-refractivity contribution in [3.8, 4) is 5.75 Å². The van der Waals surface area contributed by atoms with Gasteiger partial charge in [0.15, 0.2) is 0 Å². The highest BCUT2D eigenvalue weighted by atomic mass is 32.2. The predicted molar refractivity (Wildman–Crippen MR) is 88.6 cm³/mol. The zero-order valence-electron chi connectivity index (χ0n) is 13.4. The molecular formula is C16H24N2O3S. The molecule has 122 valence electrons. The first-order valence-corrected chi connectivity index (χ1v) is 8.68. The zero-order chi connectivity index (χ0) is 15.9. The second kappa shape index (κ2) is 8.29. The van der Waals surface area contributed by atoms with Gasteiger partial charge in [0.2, 0.25) is 0 Å². The van der Waals surface area contributed by atoms with E-state index in [0.717, 1.165) is 35.7 Å². The number of thioether (sulfide) groups is 1. The first kappa shape index (κ1) is 17.0. The first-order chi connectivity index (χ1) is 10.6. The molecular weight excluding hydrogens is 300 g/mol. The zero-order valence-corrected chi connectivity index (χ0v) is 14.2. The third-order valence-electron chi connectivity index (χ3n) is 3.72. The third-order valence-corrected chi connectivity index (χ3v) is 4.50. The largest absolute Gasteiger partial charge is 0.496 e. The maximum Gasteiger partial charge on any atom is 0.317 e. The molecule has 22 heavy (non-hydrogen) atoms. The van der Waals surface area contributed by atoms with Crippen LogP contribution in [-0.4, -0.2) is 50.6 Å². The normalized spacial score (nSPS) is 17.3. The second-order valence-corrected chi connectivity index (χ2v) is 6.21. The van der Waals surface area contributed by atoms with Crippen LogP contribution in [0.1, 0.15) is 18.4 Å². The van der Waals surface area contributed by atoms with Crippen LogP contribution in [0.5, 0.6) is 5.75 Å². The number of carbonyl (C=O) groups is 1. The third kappa shape index (κ3) is 4.55. The molecule has 5 nitrogen and oxygen atoms in total. The molecule has 1 heterocycles. The maximum absolute atomic E-state index is 12.1. The fourth-order valence-electron chi connectivity index (χ4n) is 2.47. The highest BCUT2D eigenvalue weighted by Crippen LogP contribution is 2.28. The molecule has 0 bridgehead atoms. The van der Waals surface area contributed by atoms with Crippen LogP contribution in [0.15, 0.2) is 23.1 Å². The summed E-state index contributed by atoms with van der Waals surface area (Å²) in [6.45, 7) is 1.93. The fourth-order valence-corrected chi connectivity index (χ4v) is 3.01. The van der Waals surface area contributed by atoms with Crippen LogP contribution in [0.25, 0.3) is 0 Å². The van der Waals surface area contributed by atoms with Gasteiger partial charge in [0.25, 0.3) is 0 Å². The van der Waals surface area contributed by atoms with Crippen LogP contribution in [0.3, 0.4) is 0 Å². The van der Waals surface area contributed by atoms with E-state index in [0.29, 0.717) is 13.1 Å². The molecule has 1 aromatic carbocycles. The fraction of sp³-hybridized carbons (Fsp3) is 0.562. The van der Waals surface area contributed by atoms with Crippen LogP contribution in [-0.2, 0) is 11.3 Å². The molecule has 1 saturated heterocycles. The lowest BCUT2D eigenvalue weighted by atomic mass is 10.2. The topological polar surface area (TPSA) is 50.8 Å². The summed E-state index contributed by atoms with van der Waals surface area (Å²) < 4.78 is 10.9. The average Bonchev–Trinajstić information content (AvgIpc) is 3.05. The van der Waals surface area contributed by atoms with E-state index >= 15 is 0 Å². The van der Waals surface area contributed by atoms with Gasteiger partial charge in [-0.2, -0.15) is 0 Å². The molecule has 0 unspecified atom stereocenters. The first-order valence-electron chi connectivity index (χ1n) is 7.45. The van der Waals surface area contributed by atoms with Crippen molar-refractivity contribution in [3.63, 3.8) is 0 Å².